The minimum Gasteiger partial charge on any atom is -0.504 e. The van der Waals surface area contributed by atoms with Gasteiger partial charge in [0.2, 0.25) is 11.7 Å². The number of carbonyl (C=O) groups is 2. The lowest BCUT2D eigenvalue weighted by Gasteiger charge is -2.39. The predicted octanol–water partition coefficient (Wildman–Crippen LogP) is 5.13. The normalized spacial score (nSPS) is 16.8. The number of nitrogens with zero attached hydrogens (tertiary/aromatic N) is 8. The number of aromatic hydroxyl groups is 1. The van der Waals surface area contributed by atoms with Gasteiger partial charge in [0.15, 0.2) is 17.3 Å². The van der Waals surface area contributed by atoms with E-state index in [2.05, 4.69) is 25.4 Å². The number of halogens is 4. The molecule has 2 amide bonds. The number of likely N-dealkylation sites (tertiary alicyclic amines) is 1. The lowest BCUT2D eigenvalue weighted by atomic mass is 9.73. The number of thiazole rings is 1. The summed E-state index contributed by atoms with van der Waals surface area (Å²) < 4.78 is 47.8. The lowest BCUT2D eigenvalue weighted by molar-refractivity contribution is -0.137. The van der Waals surface area contributed by atoms with Crippen molar-refractivity contribution in [2.45, 2.75) is 64.1 Å². The molecule has 5 aromatic rings. The molecule has 14 nitrogen and oxygen atoms in total. The second kappa shape index (κ2) is 12.8. The van der Waals surface area contributed by atoms with Crippen molar-refractivity contribution in [2.24, 2.45) is 0 Å². The third kappa shape index (κ3) is 5.92. The molecular weight excluding hydrogens is 727 g/mol. The molecule has 2 aliphatic rings. The van der Waals surface area contributed by atoms with Gasteiger partial charge in [0.25, 0.3) is 16.7 Å². The summed E-state index contributed by atoms with van der Waals surface area (Å²) in [7, 11) is 1.48. The maximum atomic E-state index is 14.5. The molecule has 1 unspecified atom stereocenters. The quantitative estimate of drug-likeness (QED) is 0.237. The van der Waals surface area contributed by atoms with Gasteiger partial charge in [0.1, 0.15) is 17.7 Å². The standard InChI is InChI=1S/C33H31ClF3N9O5S/c1-15-12-32(7-9-44(10-8-32)29(50)23-25(48)16(2)38-14-39-23)22-24(15)45(13-21(47)41-20-6-5-18(11-19(20)34)33(35,36)37)30-42-27(43-46(30)28(22)49)26-17(3)40-31(51-4)52-26/h5-6,11,14-15,48H,7-10,12-13H2,1-4H3,(H,41,47). The molecule has 1 atom stereocenters. The molecular formula is C33H31ClF3N9O5S. The molecule has 0 radical (unpaired) electrons. The van der Waals surface area contributed by atoms with E-state index in [-0.39, 0.29) is 65.0 Å². The largest absolute Gasteiger partial charge is 0.504 e. The Hall–Kier alpha value is -5.10. The van der Waals surface area contributed by atoms with Gasteiger partial charge >= 0.3 is 6.18 Å². The van der Waals surface area contributed by atoms with Crippen LogP contribution in [0.1, 0.15) is 70.8 Å². The van der Waals surface area contributed by atoms with Crippen LogP contribution in [0.3, 0.4) is 0 Å². The van der Waals surface area contributed by atoms with E-state index < -0.39 is 34.5 Å². The summed E-state index contributed by atoms with van der Waals surface area (Å²) >= 11 is 7.34. The second-order valence-corrected chi connectivity index (χ2v) is 14.3. The number of carbonyl (C=O) groups excluding carboxylic acids is 2. The number of anilines is 1. The molecule has 0 bridgehead atoms. The van der Waals surface area contributed by atoms with Crippen LogP contribution >= 0.6 is 22.9 Å². The van der Waals surface area contributed by atoms with Crippen molar-refractivity contribution in [3.05, 3.63) is 73.8 Å². The van der Waals surface area contributed by atoms with Crippen molar-refractivity contribution < 1.29 is 32.6 Å². The molecule has 1 aromatic carbocycles. The van der Waals surface area contributed by atoms with Crippen LogP contribution in [-0.4, -0.2) is 76.1 Å². The fraction of sp³-hybridized carbons (Fsp3) is 0.394. The zero-order chi connectivity index (χ0) is 37.3. The van der Waals surface area contributed by atoms with Crippen LogP contribution in [0, 0.1) is 13.8 Å². The Morgan fingerprint density at radius 3 is 2.54 bits per heavy atom. The van der Waals surface area contributed by atoms with Crippen molar-refractivity contribution in [2.75, 3.05) is 25.5 Å². The minimum atomic E-state index is -4.62. The monoisotopic (exact) mass is 757 g/mol. The Morgan fingerprint density at radius 1 is 1.15 bits per heavy atom. The summed E-state index contributed by atoms with van der Waals surface area (Å²) in [5, 5.41) is 17.7. The molecule has 52 heavy (non-hydrogen) atoms. The van der Waals surface area contributed by atoms with E-state index in [1.807, 2.05) is 6.92 Å². The predicted molar refractivity (Wildman–Crippen MR) is 183 cm³/mol. The lowest BCUT2D eigenvalue weighted by Crippen LogP contribution is -2.46. The van der Waals surface area contributed by atoms with Gasteiger partial charge in [0, 0.05) is 29.8 Å². The molecule has 4 aromatic heterocycles. The molecule has 2 N–H and O–H groups in total. The minimum absolute atomic E-state index is 0.0191. The molecule has 7 rings (SSSR count). The third-order valence-electron chi connectivity index (χ3n) is 9.72. The third-order valence-corrected chi connectivity index (χ3v) is 11.1. The highest BCUT2D eigenvalue weighted by molar-refractivity contribution is 7.16. The first kappa shape index (κ1) is 35.3. The molecule has 1 aliphatic heterocycles. The number of methoxy groups -OCH3 is 1. The highest BCUT2D eigenvalue weighted by Crippen LogP contribution is 2.50. The van der Waals surface area contributed by atoms with Gasteiger partial charge in [0.05, 0.1) is 34.8 Å². The van der Waals surface area contributed by atoms with Crippen molar-refractivity contribution in [3.8, 4) is 21.6 Å². The fourth-order valence-corrected chi connectivity index (χ4v) is 8.32. The average molecular weight is 758 g/mol. The van der Waals surface area contributed by atoms with Crippen molar-refractivity contribution in [3.63, 3.8) is 0 Å². The van der Waals surface area contributed by atoms with Crippen LogP contribution in [-0.2, 0) is 22.9 Å². The number of amides is 2. The van der Waals surface area contributed by atoms with Crippen molar-refractivity contribution in [1.29, 1.82) is 0 Å². The van der Waals surface area contributed by atoms with E-state index in [9.17, 15) is 32.7 Å². The summed E-state index contributed by atoms with van der Waals surface area (Å²) in [6.45, 7) is 5.43. The van der Waals surface area contributed by atoms with Gasteiger partial charge < -0.3 is 24.6 Å². The first-order valence-corrected chi connectivity index (χ1v) is 17.3. The Balaban J connectivity index is 1.29. The molecule has 0 saturated carbocycles. The molecule has 1 spiro atoms. The first-order chi connectivity index (χ1) is 24.6. The number of fused-ring (bicyclic) bond motifs is 3. The summed E-state index contributed by atoms with van der Waals surface area (Å²) in [4.78, 5) is 60.7. The van der Waals surface area contributed by atoms with Crippen LogP contribution in [0.2, 0.25) is 5.02 Å². The Kier molecular flexibility index (Phi) is 8.72. The van der Waals surface area contributed by atoms with E-state index in [4.69, 9.17) is 21.3 Å². The van der Waals surface area contributed by atoms with Gasteiger partial charge in [-0.05, 0) is 57.2 Å². The number of aryl methyl sites for hydroxylation is 2. The van der Waals surface area contributed by atoms with Crippen LogP contribution in [0.25, 0.3) is 16.5 Å². The summed E-state index contributed by atoms with van der Waals surface area (Å²) in [5.41, 5.74) is -0.296. The van der Waals surface area contributed by atoms with E-state index in [1.54, 1.807) is 23.3 Å². The van der Waals surface area contributed by atoms with Gasteiger partial charge in [-0.1, -0.05) is 29.9 Å². The molecule has 1 aliphatic carbocycles. The second-order valence-electron chi connectivity index (χ2n) is 13.0. The topological polar surface area (TPSA) is 170 Å². The zero-order valence-corrected chi connectivity index (χ0v) is 29.8. The van der Waals surface area contributed by atoms with Crippen LogP contribution in [0.15, 0.2) is 29.3 Å². The fourth-order valence-electron chi connectivity index (χ4n) is 7.28. The summed E-state index contributed by atoms with van der Waals surface area (Å²) in [6.07, 6.45) is -2.06. The average Bonchev–Trinajstić information content (AvgIpc) is 3.78. The van der Waals surface area contributed by atoms with Gasteiger partial charge in [-0.25, -0.2) is 15.0 Å². The van der Waals surface area contributed by atoms with E-state index in [0.29, 0.717) is 46.3 Å². The first-order valence-electron chi connectivity index (χ1n) is 16.1. The number of alkyl halides is 3. The number of hydrogen-bond acceptors (Lipinski definition) is 11. The number of aromatic nitrogens is 7. The van der Waals surface area contributed by atoms with E-state index in [0.717, 1.165) is 22.7 Å². The summed E-state index contributed by atoms with van der Waals surface area (Å²) in [5.74, 6) is -1.32. The molecule has 5 heterocycles. The highest BCUT2D eigenvalue weighted by atomic mass is 35.5. The Labute approximate surface area is 302 Å². The van der Waals surface area contributed by atoms with Crippen LogP contribution in [0.4, 0.5) is 18.9 Å². The maximum Gasteiger partial charge on any atom is 0.416 e. The van der Waals surface area contributed by atoms with Gasteiger partial charge in [-0.3, -0.25) is 14.4 Å². The van der Waals surface area contributed by atoms with Gasteiger partial charge in [-0.2, -0.15) is 22.7 Å². The highest BCUT2D eigenvalue weighted by Gasteiger charge is 2.49. The van der Waals surface area contributed by atoms with E-state index in [1.165, 1.54) is 24.8 Å². The summed E-state index contributed by atoms with van der Waals surface area (Å²) in [6, 6.07) is 2.64. The molecule has 1 fully saturated rings. The number of ether oxygens (including phenoxy) is 1. The molecule has 19 heteroatoms. The number of nitrogens with one attached hydrogen (secondary N) is 1. The SMILES string of the molecule is COc1nc(C)c(-c2nc3n(CC(=O)Nc4ccc(C(F)(F)F)cc4Cl)c4c(c(=O)n3n2)C2(CCN(C(=O)c3ncnc(C)c3O)CC2)CC4C)s1. The molecule has 1 saturated heterocycles. The Bertz CT molecular complexity index is 2330. The van der Waals surface area contributed by atoms with Gasteiger partial charge in [-0.15, -0.1) is 5.10 Å². The number of rotatable bonds is 6. The number of piperidine rings is 1. The number of benzene rings is 1. The van der Waals surface area contributed by atoms with E-state index >= 15 is 0 Å². The number of hydrogen-bond donors (Lipinski definition) is 2. The smallest absolute Gasteiger partial charge is 0.416 e. The van der Waals surface area contributed by atoms with Crippen LogP contribution < -0.4 is 15.6 Å². The van der Waals surface area contributed by atoms with Crippen LogP contribution in [0.5, 0.6) is 10.9 Å². The zero-order valence-electron chi connectivity index (χ0n) is 28.2. The van der Waals surface area contributed by atoms with Crippen molar-refractivity contribution >= 4 is 46.2 Å². The molecule has 272 valence electrons. The Morgan fingerprint density at radius 2 is 1.88 bits per heavy atom. The maximum absolute atomic E-state index is 14.5. The van der Waals surface area contributed by atoms with Crippen molar-refractivity contribution in [1.82, 2.24) is 39.0 Å².